The smallest absolute Gasteiger partial charge is 0.229 e. The summed E-state index contributed by atoms with van der Waals surface area (Å²) in [7, 11) is 3.18. The molecule has 1 aromatic carbocycles. The number of nitrogens with zero attached hydrogens (tertiary/aromatic N) is 2. The second-order valence-electron chi connectivity index (χ2n) is 7.20. The number of benzene rings is 1. The monoisotopic (exact) mass is 397 g/mol. The minimum Gasteiger partial charge on any atom is -0.493 e. The topological polar surface area (TPSA) is 90.4 Å². The van der Waals surface area contributed by atoms with Crippen molar-refractivity contribution in [2.75, 3.05) is 19.5 Å². The summed E-state index contributed by atoms with van der Waals surface area (Å²) < 4.78 is 10.7. The molecular weight excluding hydrogens is 370 g/mol. The normalized spacial score (nSPS) is 15.8. The lowest BCUT2D eigenvalue weighted by atomic mass is 9.82. The maximum Gasteiger partial charge on any atom is 0.229 e. The molecule has 0 unspecified atom stereocenters. The zero-order valence-corrected chi connectivity index (χ0v) is 17.3. The molecule has 7 heteroatoms. The number of carbonyl (C=O) groups excluding carboxylic acids is 2. The van der Waals surface area contributed by atoms with E-state index in [0.29, 0.717) is 35.6 Å². The average Bonchev–Trinajstić information content (AvgIpc) is 2.73. The van der Waals surface area contributed by atoms with Gasteiger partial charge in [-0.05, 0) is 42.9 Å². The predicted molar refractivity (Wildman–Crippen MR) is 110 cm³/mol. The Balaban J connectivity index is 1.84. The quantitative estimate of drug-likeness (QED) is 0.765. The summed E-state index contributed by atoms with van der Waals surface area (Å²) in [6.07, 6.45) is 4.01. The van der Waals surface area contributed by atoms with Crippen molar-refractivity contribution >= 4 is 17.6 Å². The molecule has 1 heterocycles. The summed E-state index contributed by atoms with van der Waals surface area (Å²) >= 11 is 0. The molecule has 29 heavy (non-hydrogen) atoms. The molecule has 0 fully saturated rings. The highest BCUT2D eigenvalue weighted by molar-refractivity contribution is 5.99. The lowest BCUT2D eigenvalue weighted by Gasteiger charge is -2.24. The Morgan fingerprint density at radius 3 is 2.55 bits per heavy atom. The van der Waals surface area contributed by atoms with Crippen molar-refractivity contribution in [1.82, 2.24) is 9.97 Å². The summed E-state index contributed by atoms with van der Waals surface area (Å²) in [5.74, 6) is 1.35. The van der Waals surface area contributed by atoms with Crippen LogP contribution in [0.5, 0.6) is 11.5 Å². The van der Waals surface area contributed by atoms with Gasteiger partial charge in [0, 0.05) is 18.5 Å². The van der Waals surface area contributed by atoms with Crippen LogP contribution < -0.4 is 14.8 Å². The number of ether oxygens (including phenoxy) is 2. The Kier molecular flexibility index (Phi) is 6.46. The van der Waals surface area contributed by atoms with Crippen LogP contribution >= 0.6 is 0 Å². The van der Waals surface area contributed by atoms with Crippen LogP contribution in [-0.2, 0) is 11.2 Å². The summed E-state index contributed by atoms with van der Waals surface area (Å²) in [4.78, 5) is 33.7. The van der Waals surface area contributed by atoms with E-state index in [1.165, 1.54) is 6.20 Å². The van der Waals surface area contributed by atoms with Crippen molar-refractivity contribution in [3.8, 4) is 11.5 Å². The van der Waals surface area contributed by atoms with Gasteiger partial charge in [0.25, 0.3) is 0 Å². The van der Waals surface area contributed by atoms with E-state index in [1.807, 2.05) is 32.0 Å². The van der Waals surface area contributed by atoms with E-state index in [-0.39, 0.29) is 29.5 Å². The van der Waals surface area contributed by atoms with Crippen molar-refractivity contribution in [2.45, 2.75) is 45.4 Å². The first-order valence-corrected chi connectivity index (χ1v) is 9.92. The van der Waals surface area contributed by atoms with Crippen LogP contribution in [-0.4, -0.2) is 35.9 Å². The van der Waals surface area contributed by atoms with Gasteiger partial charge in [-0.25, -0.2) is 9.97 Å². The van der Waals surface area contributed by atoms with Gasteiger partial charge in [0.2, 0.25) is 11.9 Å². The molecule has 2 aromatic rings. The number of hydrogen-bond acceptors (Lipinski definition) is 6. The highest BCUT2D eigenvalue weighted by Gasteiger charge is 2.29. The van der Waals surface area contributed by atoms with Crippen LogP contribution in [0.25, 0.3) is 0 Å². The van der Waals surface area contributed by atoms with Crippen molar-refractivity contribution < 1.29 is 19.1 Å². The van der Waals surface area contributed by atoms with Crippen LogP contribution in [0.3, 0.4) is 0 Å². The number of fused-ring (bicyclic) bond motifs is 1. The maximum atomic E-state index is 12.7. The van der Waals surface area contributed by atoms with Crippen molar-refractivity contribution in [2.24, 2.45) is 5.92 Å². The predicted octanol–water partition coefficient (Wildman–Crippen LogP) is 3.78. The molecule has 0 spiro atoms. The van der Waals surface area contributed by atoms with Gasteiger partial charge in [0.05, 0.1) is 25.5 Å². The summed E-state index contributed by atoms with van der Waals surface area (Å²) in [5.41, 5.74) is 2.18. The number of amides is 1. The first-order chi connectivity index (χ1) is 14.0. The number of Topliss-reactive ketones (excluding diaryl/α,β-unsaturated/α-hetero) is 1. The first kappa shape index (κ1) is 20.8. The number of nitrogens with one attached hydrogen (secondary N) is 1. The third-order valence-corrected chi connectivity index (χ3v) is 5.51. The van der Waals surface area contributed by atoms with Gasteiger partial charge in [-0.3, -0.25) is 14.9 Å². The van der Waals surface area contributed by atoms with Gasteiger partial charge < -0.3 is 9.47 Å². The van der Waals surface area contributed by atoms with Crippen molar-refractivity contribution in [1.29, 1.82) is 0 Å². The van der Waals surface area contributed by atoms with Gasteiger partial charge in [-0.1, -0.05) is 19.9 Å². The van der Waals surface area contributed by atoms with E-state index in [2.05, 4.69) is 15.3 Å². The van der Waals surface area contributed by atoms with E-state index in [0.717, 1.165) is 18.4 Å². The minimum atomic E-state index is -0.0893. The Morgan fingerprint density at radius 1 is 1.17 bits per heavy atom. The van der Waals surface area contributed by atoms with Crippen LogP contribution in [0.15, 0.2) is 24.4 Å². The molecule has 1 atom stereocenters. The maximum absolute atomic E-state index is 12.7. The van der Waals surface area contributed by atoms with Gasteiger partial charge in [0.1, 0.15) is 0 Å². The second kappa shape index (κ2) is 9.03. The number of aromatic nitrogens is 2. The standard InChI is InChI=1S/C22H27N3O4/c1-5-13(6-2)21(27)25-22-23-12-16-17(24-22)9-15(10-18(16)26)14-7-8-19(28-3)20(11-14)29-4/h7-8,11-13,15H,5-6,9-10H2,1-4H3,(H,23,24,25,27)/t15-/m1/s1. The number of methoxy groups -OCH3 is 2. The molecule has 0 aliphatic heterocycles. The Bertz CT molecular complexity index is 909. The van der Waals surface area contributed by atoms with Crippen LogP contribution in [0.1, 0.15) is 60.6 Å². The summed E-state index contributed by atoms with van der Waals surface area (Å²) in [5, 5.41) is 2.79. The molecular formula is C22H27N3O4. The molecule has 3 rings (SSSR count). The van der Waals surface area contributed by atoms with Crippen LogP contribution in [0, 0.1) is 5.92 Å². The number of anilines is 1. The van der Waals surface area contributed by atoms with Gasteiger partial charge in [-0.15, -0.1) is 0 Å². The van der Waals surface area contributed by atoms with E-state index in [9.17, 15) is 9.59 Å². The number of hydrogen-bond donors (Lipinski definition) is 1. The summed E-state index contributed by atoms with van der Waals surface area (Å²) in [6, 6.07) is 5.69. The van der Waals surface area contributed by atoms with E-state index < -0.39 is 0 Å². The fourth-order valence-electron chi connectivity index (χ4n) is 3.72. The molecule has 1 aliphatic rings. The fraction of sp³-hybridized carbons (Fsp3) is 0.455. The van der Waals surface area contributed by atoms with Gasteiger partial charge in [0.15, 0.2) is 17.3 Å². The average molecular weight is 397 g/mol. The molecule has 154 valence electrons. The highest BCUT2D eigenvalue weighted by atomic mass is 16.5. The van der Waals surface area contributed by atoms with E-state index in [4.69, 9.17) is 9.47 Å². The Morgan fingerprint density at radius 2 is 1.90 bits per heavy atom. The number of rotatable bonds is 7. The largest absolute Gasteiger partial charge is 0.493 e. The van der Waals surface area contributed by atoms with E-state index in [1.54, 1.807) is 14.2 Å². The zero-order chi connectivity index (χ0) is 21.0. The SMILES string of the molecule is CCC(CC)C(=O)Nc1ncc2c(n1)C[C@@H](c1ccc(OC)c(OC)c1)CC2=O. The molecule has 1 aromatic heterocycles. The zero-order valence-electron chi connectivity index (χ0n) is 17.3. The molecule has 1 aliphatic carbocycles. The third kappa shape index (κ3) is 4.39. The Hall–Kier alpha value is -2.96. The van der Waals surface area contributed by atoms with E-state index >= 15 is 0 Å². The molecule has 0 saturated heterocycles. The fourth-order valence-corrected chi connectivity index (χ4v) is 3.72. The number of carbonyl (C=O) groups is 2. The minimum absolute atomic E-state index is 0.00362. The third-order valence-electron chi connectivity index (χ3n) is 5.51. The lowest BCUT2D eigenvalue weighted by molar-refractivity contribution is -0.120. The lowest BCUT2D eigenvalue weighted by Crippen LogP contribution is -2.25. The molecule has 7 nitrogen and oxygen atoms in total. The Labute approximate surface area is 170 Å². The molecule has 1 amide bonds. The van der Waals surface area contributed by atoms with Crippen molar-refractivity contribution in [3.05, 3.63) is 41.2 Å². The highest BCUT2D eigenvalue weighted by Crippen LogP contribution is 2.36. The molecule has 0 bridgehead atoms. The summed E-state index contributed by atoms with van der Waals surface area (Å²) in [6.45, 7) is 3.96. The van der Waals surface area contributed by atoms with Crippen LogP contribution in [0.4, 0.5) is 5.95 Å². The second-order valence-corrected chi connectivity index (χ2v) is 7.20. The molecule has 0 saturated carbocycles. The van der Waals surface area contributed by atoms with Crippen LogP contribution in [0.2, 0.25) is 0 Å². The first-order valence-electron chi connectivity index (χ1n) is 9.92. The van der Waals surface area contributed by atoms with Gasteiger partial charge >= 0.3 is 0 Å². The molecule has 0 radical (unpaired) electrons. The van der Waals surface area contributed by atoms with Gasteiger partial charge in [-0.2, -0.15) is 0 Å². The molecule has 1 N–H and O–H groups in total. The van der Waals surface area contributed by atoms with Crippen molar-refractivity contribution in [3.63, 3.8) is 0 Å². The number of ketones is 1.